The van der Waals surface area contributed by atoms with Crippen LogP contribution in [-0.4, -0.2) is 20.4 Å². The Bertz CT molecular complexity index is 1230. The normalized spacial score (nSPS) is 11.7. The third-order valence-corrected chi connectivity index (χ3v) is 5.56. The van der Waals surface area contributed by atoms with Gasteiger partial charge in [0.2, 0.25) is 0 Å². The number of rotatable bonds is 3. The molecule has 136 valence electrons. The molecule has 0 amide bonds. The Morgan fingerprint density at radius 1 is 1.15 bits per heavy atom. The number of thiophene rings is 1. The molecule has 4 rings (SSSR count). The van der Waals surface area contributed by atoms with Crippen LogP contribution in [0.1, 0.15) is 22.8 Å². The minimum absolute atomic E-state index is 0.151. The number of aromatic nitrogens is 3. The first-order valence-electron chi connectivity index (χ1n) is 8.42. The number of hydrogen-bond donors (Lipinski definition) is 0. The molecule has 0 aliphatic rings. The van der Waals surface area contributed by atoms with Crippen LogP contribution in [0, 0.1) is 20.8 Å². The second-order valence-corrected chi connectivity index (χ2v) is 7.63. The van der Waals surface area contributed by atoms with Gasteiger partial charge in [0.1, 0.15) is 10.7 Å². The Kier molecular flexibility index (Phi) is 4.45. The zero-order valence-corrected chi connectivity index (χ0v) is 16.7. The average molecular weight is 397 g/mol. The van der Waals surface area contributed by atoms with Crippen LogP contribution in [0.15, 0.2) is 51.7 Å². The van der Waals surface area contributed by atoms with Crippen molar-refractivity contribution in [3.63, 3.8) is 0 Å². The second kappa shape index (κ2) is 6.79. The van der Waals surface area contributed by atoms with Gasteiger partial charge in [-0.05, 0) is 62.5 Å². The highest BCUT2D eigenvalue weighted by Gasteiger charge is 2.11. The molecule has 0 aliphatic heterocycles. The van der Waals surface area contributed by atoms with E-state index in [0.717, 1.165) is 27.5 Å². The number of hydrogen-bond acceptors (Lipinski definition) is 4. The van der Waals surface area contributed by atoms with E-state index in [4.69, 9.17) is 11.6 Å². The van der Waals surface area contributed by atoms with Crippen molar-refractivity contribution in [2.75, 3.05) is 0 Å². The van der Waals surface area contributed by atoms with Gasteiger partial charge < -0.3 is 4.57 Å². The van der Waals surface area contributed by atoms with Crippen LogP contribution < -0.4 is 5.56 Å². The maximum Gasteiger partial charge on any atom is 0.282 e. The summed E-state index contributed by atoms with van der Waals surface area (Å²) in [6, 6.07) is 11.5. The molecule has 0 atom stereocenters. The Labute approximate surface area is 165 Å². The summed E-state index contributed by atoms with van der Waals surface area (Å²) in [4.78, 5) is 17.8. The lowest BCUT2D eigenvalue weighted by molar-refractivity contribution is 0.772. The van der Waals surface area contributed by atoms with E-state index >= 15 is 0 Å². The van der Waals surface area contributed by atoms with Gasteiger partial charge in [-0.1, -0.05) is 11.6 Å². The summed E-state index contributed by atoms with van der Waals surface area (Å²) in [5.41, 5.74) is 3.94. The fourth-order valence-electron chi connectivity index (χ4n) is 3.17. The van der Waals surface area contributed by atoms with Crippen LogP contribution in [0.4, 0.5) is 0 Å². The molecule has 0 bridgehead atoms. The van der Waals surface area contributed by atoms with Gasteiger partial charge in [0.15, 0.2) is 0 Å². The van der Waals surface area contributed by atoms with E-state index in [9.17, 15) is 4.79 Å². The van der Waals surface area contributed by atoms with Crippen LogP contribution in [0.2, 0.25) is 5.02 Å². The molecule has 0 spiro atoms. The van der Waals surface area contributed by atoms with Gasteiger partial charge in [0.05, 0.1) is 11.6 Å². The Morgan fingerprint density at radius 2 is 1.89 bits per heavy atom. The third kappa shape index (κ3) is 3.11. The summed E-state index contributed by atoms with van der Waals surface area (Å²) in [6.45, 7) is 5.85. The van der Waals surface area contributed by atoms with E-state index in [2.05, 4.69) is 14.7 Å². The van der Waals surface area contributed by atoms with E-state index in [1.54, 1.807) is 19.2 Å². The number of fused-ring (bicyclic) bond motifs is 1. The maximum absolute atomic E-state index is 12.6. The smallest absolute Gasteiger partial charge is 0.282 e. The van der Waals surface area contributed by atoms with Crippen LogP contribution >= 0.6 is 22.9 Å². The molecule has 0 saturated heterocycles. The van der Waals surface area contributed by atoms with E-state index in [-0.39, 0.29) is 5.56 Å². The lowest BCUT2D eigenvalue weighted by Gasteiger charge is -2.09. The zero-order chi connectivity index (χ0) is 19.1. The SMILES string of the molecule is Cc1cc(/C=N\n2c(C)nc3sccc3c2=O)c(C)n1-c1ccc(Cl)cc1. The molecule has 4 aromatic rings. The van der Waals surface area contributed by atoms with Gasteiger partial charge in [-0.15, -0.1) is 11.3 Å². The number of halogens is 1. The molecule has 0 unspecified atom stereocenters. The minimum atomic E-state index is -0.151. The highest BCUT2D eigenvalue weighted by Crippen LogP contribution is 2.21. The van der Waals surface area contributed by atoms with Crippen molar-refractivity contribution in [1.29, 1.82) is 0 Å². The lowest BCUT2D eigenvalue weighted by atomic mass is 10.2. The van der Waals surface area contributed by atoms with Gasteiger partial charge in [0.25, 0.3) is 5.56 Å². The Balaban J connectivity index is 1.77. The topological polar surface area (TPSA) is 52.2 Å². The van der Waals surface area contributed by atoms with Crippen molar-refractivity contribution in [3.8, 4) is 5.69 Å². The summed E-state index contributed by atoms with van der Waals surface area (Å²) in [5, 5.41) is 7.58. The van der Waals surface area contributed by atoms with Crippen LogP contribution in [0.5, 0.6) is 0 Å². The van der Waals surface area contributed by atoms with Gasteiger partial charge in [-0.3, -0.25) is 4.79 Å². The molecule has 0 saturated carbocycles. The first kappa shape index (κ1) is 17.7. The highest BCUT2D eigenvalue weighted by atomic mass is 35.5. The lowest BCUT2D eigenvalue weighted by Crippen LogP contribution is -2.19. The molecule has 27 heavy (non-hydrogen) atoms. The molecule has 1 aromatic carbocycles. The molecular weight excluding hydrogens is 380 g/mol. The largest absolute Gasteiger partial charge is 0.318 e. The van der Waals surface area contributed by atoms with Crippen LogP contribution in [-0.2, 0) is 0 Å². The molecule has 0 radical (unpaired) electrons. The number of benzene rings is 1. The summed E-state index contributed by atoms with van der Waals surface area (Å²) < 4.78 is 3.48. The van der Waals surface area contributed by atoms with E-state index in [1.807, 2.05) is 49.6 Å². The van der Waals surface area contributed by atoms with Crippen molar-refractivity contribution < 1.29 is 0 Å². The molecule has 0 aliphatic carbocycles. The molecule has 5 nitrogen and oxygen atoms in total. The molecule has 0 N–H and O–H groups in total. The summed E-state index contributed by atoms with van der Waals surface area (Å²) in [6.07, 6.45) is 1.71. The molecule has 3 heterocycles. The molecular formula is C20H17ClN4OS. The summed E-state index contributed by atoms with van der Waals surface area (Å²) in [5.74, 6) is 0.567. The van der Waals surface area contributed by atoms with E-state index in [0.29, 0.717) is 16.2 Å². The molecule has 0 fully saturated rings. The fourth-order valence-corrected chi connectivity index (χ4v) is 4.09. The number of aryl methyl sites for hydroxylation is 2. The van der Waals surface area contributed by atoms with Crippen molar-refractivity contribution in [2.45, 2.75) is 20.8 Å². The second-order valence-electron chi connectivity index (χ2n) is 6.30. The van der Waals surface area contributed by atoms with Crippen LogP contribution in [0.25, 0.3) is 15.9 Å². The zero-order valence-electron chi connectivity index (χ0n) is 15.1. The van der Waals surface area contributed by atoms with Crippen molar-refractivity contribution in [1.82, 2.24) is 14.2 Å². The summed E-state index contributed by atoms with van der Waals surface area (Å²) in [7, 11) is 0. The highest BCUT2D eigenvalue weighted by molar-refractivity contribution is 7.16. The fraction of sp³-hybridized carbons (Fsp3) is 0.150. The Morgan fingerprint density at radius 3 is 2.63 bits per heavy atom. The molecule has 3 aromatic heterocycles. The van der Waals surface area contributed by atoms with Crippen molar-refractivity contribution in [3.05, 3.63) is 79.9 Å². The number of nitrogens with zero attached hydrogens (tertiary/aromatic N) is 4. The first-order valence-corrected chi connectivity index (χ1v) is 9.67. The first-order chi connectivity index (χ1) is 13.0. The van der Waals surface area contributed by atoms with Gasteiger partial charge in [-0.2, -0.15) is 9.78 Å². The minimum Gasteiger partial charge on any atom is -0.318 e. The third-order valence-electron chi connectivity index (χ3n) is 4.50. The summed E-state index contributed by atoms with van der Waals surface area (Å²) >= 11 is 7.45. The van der Waals surface area contributed by atoms with Crippen molar-refractivity contribution >= 4 is 39.4 Å². The predicted octanol–water partition coefficient (Wildman–Crippen LogP) is 4.71. The standard InChI is InChI=1S/C20H17ClN4OS/c1-12-10-15(13(2)24(12)17-6-4-16(21)5-7-17)11-22-25-14(3)23-19-18(20(25)26)8-9-27-19/h4-11H,1-3H3/b22-11-. The monoisotopic (exact) mass is 396 g/mol. The molecule has 7 heteroatoms. The average Bonchev–Trinajstić information content (AvgIpc) is 3.20. The van der Waals surface area contributed by atoms with Gasteiger partial charge in [0, 0.05) is 27.7 Å². The Hall–Kier alpha value is -2.70. The van der Waals surface area contributed by atoms with E-state index < -0.39 is 0 Å². The predicted molar refractivity (Wildman–Crippen MR) is 112 cm³/mol. The van der Waals surface area contributed by atoms with Crippen LogP contribution in [0.3, 0.4) is 0 Å². The maximum atomic E-state index is 12.6. The van der Waals surface area contributed by atoms with E-state index in [1.165, 1.54) is 16.0 Å². The van der Waals surface area contributed by atoms with Gasteiger partial charge >= 0.3 is 0 Å². The van der Waals surface area contributed by atoms with Gasteiger partial charge in [-0.25, -0.2) is 4.98 Å². The quantitative estimate of drug-likeness (QED) is 0.471. The van der Waals surface area contributed by atoms with Crippen molar-refractivity contribution in [2.24, 2.45) is 5.10 Å².